The molecule has 0 aromatic heterocycles. The number of rotatable bonds is 11. The number of hydrogen-bond donors (Lipinski definition) is 1. The Morgan fingerprint density at radius 3 is 2.26 bits per heavy atom. The summed E-state index contributed by atoms with van der Waals surface area (Å²) in [5.74, 6) is 0.417. The molecule has 31 heavy (non-hydrogen) atoms. The van der Waals surface area contributed by atoms with E-state index in [4.69, 9.17) is 0 Å². The van der Waals surface area contributed by atoms with E-state index in [9.17, 15) is 13.2 Å². The molecule has 1 atom stereocenters. The SMILES string of the molecule is CCCC[C@@H](CC)CNC(=O)c1ccc(CN(c2ccc(C)c(C)c2)S(C)(=O)=O)cc1. The van der Waals surface area contributed by atoms with E-state index in [-0.39, 0.29) is 12.5 Å². The van der Waals surface area contributed by atoms with E-state index >= 15 is 0 Å². The first-order chi connectivity index (χ1) is 14.7. The predicted molar refractivity (Wildman–Crippen MR) is 129 cm³/mol. The number of anilines is 1. The largest absolute Gasteiger partial charge is 0.352 e. The fourth-order valence-electron chi connectivity index (χ4n) is 3.49. The first-order valence-corrected chi connectivity index (χ1v) is 12.9. The zero-order valence-corrected chi connectivity index (χ0v) is 20.3. The van der Waals surface area contributed by atoms with Gasteiger partial charge in [-0.15, -0.1) is 0 Å². The van der Waals surface area contributed by atoms with Gasteiger partial charge in [0.05, 0.1) is 18.5 Å². The maximum Gasteiger partial charge on any atom is 0.251 e. The average molecular weight is 445 g/mol. The van der Waals surface area contributed by atoms with Crippen molar-refractivity contribution in [3.05, 3.63) is 64.7 Å². The minimum Gasteiger partial charge on any atom is -0.352 e. The average Bonchev–Trinajstić information content (AvgIpc) is 2.73. The maximum absolute atomic E-state index is 12.5. The minimum atomic E-state index is -3.45. The molecular formula is C25H36N2O3S. The van der Waals surface area contributed by atoms with Crippen molar-refractivity contribution < 1.29 is 13.2 Å². The van der Waals surface area contributed by atoms with E-state index < -0.39 is 10.0 Å². The Balaban J connectivity index is 2.08. The molecule has 0 spiro atoms. The van der Waals surface area contributed by atoms with Crippen LogP contribution >= 0.6 is 0 Å². The Kier molecular flexibility index (Phi) is 9.11. The van der Waals surface area contributed by atoms with Crippen molar-refractivity contribution in [2.24, 2.45) is 5.92 Å². The lowest BCUT2D eigenvalue weighted by atomic mass is 9.99. The van der Waals surface area contributed by atoms with Crippen molar-refractivity contribution in [1.82, 2.24) is 5.32 Å². The Hall–Kier alpha value is -2.34. The molecule has 0 saturated heterocycles. The number of nitrogens with one attached hydrogen (secondary N) is 1. The van der Waals surface area contributed by atoms with E-state index in [2.05, 4.69) is 19.2 Å². The van der Waals surface area contributed by atoms with Crippen LogP contribution in [-0.4, -0.2) is 27.1 Å². The van der Waals surface area contributed by atoms with Gasteiger partial charge in [-0.1, -0.05) is 51.3 Å². The molecule has 2 rings (SSSR count). The van der Waals surface area contributed by atoms with Crippen LogP contribution in [0.5, 0.6) is 0 Å². The molecule has 0 radical (unpaired) electrons. The number of nitrogens with zero attached hydrogens (tertiary/aromatic N) is 1. The zero-order valence-electron chi connectivity index (χ0n) is 19.4. The lowest BCUT2D eigenvalue weighted by molar-refractivity contribution is 0.0946. The summed E-state index contributed by atoms with van der Waals surface area (Å²) in [7, 11) is -3.45. The molecule has 0 saturated carbocycles. The molecule has 2 aromatic carbocycles. The van der Waals surface area contributed by atoms with Crippen LogP contribution in [0.4, 0.5) is 5.69 Å². The molecule has 0 bridgehead atoms. The number of unbranched alkanes of at least 4 members (excludes halogenated alkanes) is 1. The molecule has 1 amide bonds. The number of benzene rings is 2. The molecule has 0 aliphatic rings. The third-order valence-corrected chi connectivity index (χ3v) is 6.96. The number of sulfonamides is 1. The van der Waals surface area contributed by atoms with Gasteiger partial charge in [0, 0.05) is 12.1 Å². The fraction of sp³-hybridized carbons (Fsp3) is 0.480. The second kappa shape index (κ2) is 11.3. The summed E-state index contributed by atoms with van der Waals surface area (Å²) < 4.78 is 26.2. The van der Waals surface area contributed by atoms with Gasteiger partial charge >= 0.3 is 0 Å². The van der Waals surface area contributed by atoms with Crippen LogP contribution in [0.25, 0.3) is 0 Å². The van der Waals surface area contributed by atoms with Gasteiger partial charge in [-0.25, -0.2) is 8.42 Å². The Labute approximate surface area is 187 Å². The molecule has 0 heterocycles. The summed E-state index contributed by atoms with van der Waals surface area (Å²) in [4.78, 5) is 12.5. The van der Waals surface area contributed by atoms with Crippen LogP contribution in [0.2, 0.25) is 0 Å². The van der Waals surface area contributed by atoms with Crippen molar-refractivity contribution >= 4 is 21.6 Å². The molecule has 2 aromatic rings. The first kappa shape index (κ1) is 24.9. The number of amides is 1. The van der Waals surface area contributed by atoms with Crippen molar-refractivity contribution in [3.63, 3.8) is 0 Å². The summed E-state index contributed by atoms with van der Waals surface area (Å²) in [5, 5.41) is 3.04. The van der Waals surface area contributed by atoms with Gasteiger partial charge in [0.2, 0.25) is 10.0 Å². The number of hydrogen-bond acceptors (Lipinski definition) is 3. The lowest BCUT2D eigenvalue weighted by Crippen LogP contribution is -2.30. The van der Waals surface area contributed by atoms with Gasteiger partial charge in [0.25, 0.3) is 5.91 Å². The van der Waals surface area contributed by atoms with Gasteiger partial charge in [-0.05, 0) is 67.1 Å². The molecule has 0 aliphatic carbocycles. The van der Waals surface area contributed by atoms with Crippen molar-refractivity contribution in [2.45, 2.75) is 59.9 Å². The van der Waals surface area contributed by atoms with Gasteiger partial charge in [-0.2, -0.15) is 0 Å². The summed E-state index contributed by atoms with van der Waals surface area (Å²) in [5.41, 5.74) is 4.22. The van der Waals surface area contributed by atoms with Gasteiger partial charge < -0.3 is 5.32 Å². The zero-order chi connectivity index (χ0) is 23.0. The van der Waals surface area contributed by atoms with Crippen LogP contribution in [-0.2, 0) is 16.6 Å². The molecule has 0 fully saturated rings. The molecule has 1 N–H and O–H groups in total. The van der Waals surface area contributed by atoms with Crippen LogP contribution in [0.3, 0.4) is 0 Å². The fourth-order valence-corrected chi connectivity index (χ4v) is 4.37. The van der Waals surface area contributed by atoms with E-state index in [0.717, 1.165) is 29.5 Å². The standard InChI is InChI=1S/C25H36N2O3S/c1-6-8-9-21(7-2)17-26-25(28)23-13-11-22(12-14-23)18-27(31(5,29)30)24-15-10-19(3)20(4)16-24/h10-16,21H,6-9,17-18H2,1-5H3,(H,26,28)/t21-/m1/s1. The normalized spacial score (nSPS) is 12.4. The van der Waals surface area contributed by atoms with Crippen LogP contribution in [0.1, 0.15) is 66.6 Å². The molecule has 170 valence electrons. The minimum absolute atomic E-state index is 0.0874. The third-order valence-electron chi connectivity index (χ3n) is 5.82. The Bertz CT molecular complexity index is 969. The maximum atomic E-state index is 12.5. The third kappa shape index (κ3) is 7.39. The summed E-state index contributed by atoms with van der Waals surface area (Å²) >= 11 is 0. The number of aryl methyl sites for hydroxylation is 2. The smallest absolute Gasteiger partial charge is 0.251 e. The Morgan fingerprint density at radius 2 is 1.71 bits per heavy atom. The summed E-state index contributed by atoms with van der Waals surface area (Å²) in [6.07, 6.45) is 5.75. The highest BCUT2D eigenvalue weighted by atomic mass is 32.2. The van der Waals surface area contributed by atoms with Crippen molar-refractivity contribution in [3.8, 4) is 0 Å². The second-order valence-corrected chi connectivity index (χ2v) is 10.3. The van der Waals surface area contributed by atoms with Crippen molar-refractivity contribution in [1.29, 1.82) is 0 Å². The van der Waals surface area contributed by atoms with E-state index in [0.29, 0.717) is 23.7 Å². The molecule has 6 heteroatoms. The molecule has 0 unspecified atom stereocenters. The van der Waals surface area contributed by atoms with Crippen molar-refractivity contribution in [2.75, 3.05) is 17.1 Å². The quantitative estimate of drug-likeness (QED) is 0.517. The first-order valence-electron chi connectivity index (χ1n) is 11.1. The van der Waals surface area contributed by atoms with Gasteiger partial charge in [0.15, 0.2) is 0 Å². The molecule has 5 nitrogen and oxygen atoms in total. The highest BCUT2D eigenvalue weighted by Crippen LogP contribution is 2.23. The van der Waals surface area contributed by atoms with E-state index in [1.807, 2.05) is 44.2 Å². The van der Waals surface area contributed by atoms with E-state index in [1.165, 1.54) is 23.4 Å². The Morgan fingerprint density at radius 1 is 1.03 bits per heavy atom. The van der Waals surface area contributed by atoms with Gasteiger partial charge in [-0.3, -0.25) is 9.10 Å². The highest BCUT2D eigenvalue weighted by molar-refractivity contribution is 7.92. The molecular weight excluding hydrogens is 408 g/mol. The van der Waals surface area contributed by atoms with Crippen LogP contribution < -0.4 is 9.62 Å². The summed E-state index contributed by atoms with van der Waals surface area (Å²) in [6.45, 7) is 9.21. The van der Waals surface area contributed by atoms with Crippen LogP contribution in [0, 0.1) is 19.8 Å². The summed E-state index contributed by atoms with van der Waals surface area (Å²) in [6, 6.07) is 12.8. The number of carbonyl (C=O) groups is 1. The second-order valence-electron chi connectivity index (χ2n) is 8.36. The predicted octanol–water partition coefficient (Wildman–Crippen LogP) is 5.22. The lowest BCUT2D eigenvalue weighted by Gasteiger charge is -2.23. The molecule has 0 aliphatic heterocycles. The monoisotopic (exact) mass is 444 g/mol. The van der Waals surface area contributed by atoms with E-state index in [1.54, 1.807) is 12.1 Å². The topological polar surface area (TPSA) is 66.5 Å². The number of carbonyl (C=O) groups excluding carboxylic acids is 1. The van der Waals surface area contributed by atoms with Gasteiger partial charge in [0.1, 0.15) is 0 Å². The van der Waals surface area contributed by atoms with Crippen LogP contribution in [0.15, 0.2) is 42.5 Å². The highest BCUT2D eigenvalue weighted by Gasteiger charge is 2.19.